The van der Waals surface area contributed by atoms with Gasteiger partial charge in [0.2, 0.25) is 0 Å². The van der Waals surface area contributed by atoms with E-state index in [1.165, 1.54) is 0 Å². The lowest BCUT2D eigenvalue weighted by atomic mass is 10.0. The summed E-state index contributed by atoms with van der Waals surface area (Å²) >= 11 is 0. The van der Waals surface area contributed by atoms with E-state index in [0.29, 0.717) is 11.2 Å². The van der Waals surface area contributed by atoms with Crippen LogP contribution in [0.25, 0.3) is 22.2 Å². The van der Waals surface area contributed by atoms with Crippen molar-refractivity contribution in [2.75, 3.05) is 0 Å². The summed E-state index contributed by atoms with van der Waals surface area (Å²) in [5.41, 5.74) is 9.68. The fourth-order valence-electron chi connectivity index (χ4n) is 3.61. The molecule has 0 bridgehead atoms. The second-order valence-electron chi connectivity index (χ2n) is 8.32. The third kappa shape index (κ3) is 3.70. The Balaban J connectivity index is 2.36. The number of pyridine rings is 1. The Hall–Kier alpha value is -2.22. The van der Waals surface area contributed by atoms with Crippen molar-refractivity contribution in [3.8, 4) is 11.1 Å². The van der Waals surface area contributed by atoms with E-state index < -0.39 is 20.7 Å². The molecule has 0 aliphatic rings. The first kappa shape index (κ1) is 21.5. The number of benzene rings is 1. The van der Waals surface area contributed by atoms with E-state index in [0.717, 1.165) is 22.3 Å². The predicted octanol–water partition coefficient (Wildman–Crippen LogP) is 3.90. The molecule has 3 rings (SSSR count). The van der Waals surface area contributed by atoms with Gasteiger partial charge in [0.05, 0.1) is 33.0 Å². The monoisotopic (exact) mass is 415 g/mol. The van der Waals surface area contributed by atoms with E-state index in [-0.39, 0.29) is 11.1 Å². The first-order valence-corrected chi connectivity index (χ1v) is 11.2. The fraction of sp³-hybridized carbons (Fsp3) is 0.409. The molecule has 0 radical (unpaired) electrons. The molecule has 2 aromatic heterocycles. The maximum absolute atomic E-state index is 12.7. The van der Waals surface area contributed by atoms with Gasteiger partial charge in [-0.15, -0.1) is 0 Å². The Kier molecular flexibility index (Phi) is 5.36. The first-order chi connectivity index (χ1) is 13.4. The summed E-state index contributed by atoms with van der Waals surface area (Å²) in [5, 5.41) is 9.92. The number of hydrogen-bond donors (Lipinski definition) is 2. The first-order valence-electron chi connectivity index (χ1n) is 9.70. The van der Waals surface area contributed by atoms with Crippen LogP contribution in [0.15, 0.2) is 41.3 Å². The van der Waals surface area contributed by atoms with Crippen molar-refractivity contribution in [2.45, 2.75) is 63.5 Å². The summed E-state index contributed by atoms with van der Waals surface area (Å²) in [5.74, 6) is 0. The molecular weight excluding hydrogens is 386 g/mol. The Labute approximate surface area is 172 Å². The molecule has 0 saturated carbocycles. The zero-order chi connectivity index (χ0) is 21.7. The molecule has 0 fully saturated rings. The quantitative estimate of drug-likeness (QED) is 0.658. The minimum absolute atomic E-state index is 0.282. The summed E-state index contributed by atoms with van der Waals surface area (Å²) in [6.45, 7) is 10.6. The molecule has 0 spiro atoms. The highest BCUT2D eigenvalue weighted by Gasteiger charge is 2.25. The van der Waals surface area contributed by atoms with Crippen LogP contribution in [0.1, 0.15) is 52.2 Å². The van der Waals surface area contributed by atoms with Crippen molar-refractivity contribution in [3.05, 3.63) is 47.8 Å². The number of nitrogens with two attached hydrogens (primary N) is 1. The van der Waals surface area contributed by atoms with Crippen LogP contribution in [0.2, 0.25) is 0 Å². The zero-order valence-electron chi connectivity index (χ0n) is 17.8. The molecule has 7 heteroatoms. The molecule has 0 aliphatic carbocycles. The van der Waals surface area contributed by atoms with Crippen LogP contribution in [-0.4, -0.2) is 28.3 Å². The van der Waals surface area contributed by atoms with Gasteiger partial charge in [0.1, 0.15) is 5.60 Å². The van der Waals surface area contributed by atoms with Crippen LogP contribution < -0.4 is 5.73 Å². The number of sulfone groups is 1. The van der Waals surface area contributed by atoms with Gasteiger partial charge in [0.25, 0.3) is 0 Å². The van der Waals surface area contributed by atoms with Gasteiger partial charge in [-0.2, -0.15) is 0 Å². The van der Waals surface area contributed by atoms with E-state index in [2.05, 4.69) is 0 Å². The van der Waals surface area contributed by atoms with Crippen LogP contribution >= 0.6 is 0 Å². The Bertz CT molecular complexity index is 1170. The van der Waals surface area contributed by atoms with Crippen molar-refractivity contribution in [3.63, 3.8) is 0 Å². The molecular formula is C22H29N3O3S. The molecule has 3 aromatic rings. The minimum Gasteiger partial charge on any atom is -0.384 e. The third-order valence-corrected chi connectivity index (χ3v) is 7.35. The summed E-state index contributed by atoms with van der Waals surface area (Å²) in [4.78, 5) is 5.02. The number of rotatable bonds is 5. The molecule has 1 aromatic carbocycles. The lowest BCUT2D eigenvalue weighted by molar-refractivity contribution is 0.0742. The zero-order valence-corrected chi connectivity index (χ0v) is 18.6. The average molecular weight is 416 g/mol. The van der Waals surface area contributed by atoms with Gasteiger partial charge < -0.3 is 15.4 Å². The van der Waals surface area contributed by atoms with Crippen LogP contribution in [0, 0.1) is 6.92 Å². The molecule has 0 amide bonds. The predicted molar refractivity (Wildman–Crippen MR) is 116 cm³/mol. The molecule has 156 valence electrons. The highest BCUT2D eigenvalue weighted by atomic mass is 32.2. The third-order valence-electron chi connectivity index (χ3n) is 5.20. The van der Waals surface area contributed by atoms with Gasteiger partial charge in [-0.05, 0) is 71.4 Å². The number of aliphatic hydroxyl groups is 1. The van der Waals surface area contributed by atoms with Gasteiger partial charge in [-0.1, -0.05) is 12.1 Å². The van der Waals surface area contributed by atoms with Gasteiger partial charge >= 0.3 is 0 Å². The molecule has 1 atom stereocenters. The Morgan fingerprint density at radius 1 is 1.14 bits per heavy atom. The topological polar surface area (TPSA) is 98.2 Å². The molecule has 6 nitrogen and oxygen atoms in total. The van der Waals surface area contributed by atoms with Crippen molar-refractivity contribution >= 4 is 20.9 Å². The van der Waals surface area contributed by atoms with Crippen LogP contribution in [0.4, 0.5) is 0 Å². The Morgan fingerprint density at radius 2 is 1.79 bits per heavy atom. The van der Waals surface area contributed by atoms with E-state index in [9.17, 15) is 13.5 Å². The minimum atomic E-state index is -3.41. The van der Waals surface area contributed by atoms with E-state index in [4.69, 9.17) is 10.7 Å². The molecule has 0 saturated heterocycles. The highest BCUT2D eigenvalue weighted by molar-refractivity contribution is 7.92. The summed E-state index contributed by atoms with van der Waals surface area (Å²) in [7, 11) is -3.41. The highest BCUT2D eigenvalue weighted by Crippen LogP contribution is 2.37. The summed E-state index contributed by atoms with van der Waals surface area (Å²) < 4.78 is 27.4. The summed E-state index contributed by atoms with van der Waals surface area (Å²) in [6.07, 6.45) is -0.288. The molecule has 1 unspecified atom stereocenters. The second-order valence-corrected chi connectivity index (χ2v) is 10.8. The normalized spacial score (nSPS) is 14.0. The summed E-state index contributed by atoms with van der Waals surface area (Å²) in [6, 6.07) is 10.6. The number of aromatic nitrogens is 2. The number of hydrogen-bond acceptors (Lipinski definition) is 5. The van der Waals surface area contributed by atoms with Gasteiger partial charge in [0.15, 0.2) is 9.84 Å². The van der Waals surface area contributed by atoms with Crippen LogP contribution in [0.3, 0.4) is 0 Å². The lowest BCUT2D eigenvalue weighted by Gasteiger charge is -2.17. The van der Waals surface area contributed by atoms with Crippen molar-refractivity contribution in [1.82, 2.24) is 9.55 Å². The molecule has 29 heavy (non-hydrogen) atoms. The largest absolute Gasteiger partial charge is 0.384 e. The molecule has 0 aliphatic heterocycles. The van der Waals surface area contributed by atoms with Gasteiger partial charge in [-0.3, -0.25) is 0 Å². The Morgan fingerprint density at radius 3 is 2.34 bits per heavy atom. The number of fused-ring (bicyclic) bond motifs is 1. The maximum Gasteiger partial charge on any atom is 0.180 e. The van der Waals surface area contributed by atoms with Crippen LogP contribution in [-0.2, 0) is 15.4 Å². The van der Waals surface area contributed by atoms with Gasteiger partial charge in [-0.25, -0.2) is 13.4 Å². The standard InChI is InChI=1S/C22H29N3O3S/c1-13(2)29(27,28)17-9-7-8-16(12-17)20-14(3)25(15(4)23)18-10-11-19(22(5,6)26)24-21(18)20/h7-13,15,26H,23H2,1-6H3. The second kappa shape index (κ2) is 7.23. The number of nitrogens with zero attached hydrogens (tertiary/aromatic N) is 2. The lowest BCUT2D eigenvalue weighted by Crippen LogP contribution is -2.18. The van der Waals surface area contributed by atoms with Crippen molar-refractivity contribution in [1.29, 1.82) is 0 Å². The van der Waals surface area contributed by atoms with Crippen molar-refractivity contribution < 1.29 is 13.5 Å². The van der Waals surface area contributed by atoms with Gasteiger partial charge in [0, 0.05) is 11.3 Å². The molecule has 3 N–H and O–H groups in total. The maximum atomic E-state index is 12.7. The van der Waals surface area contributed by atoms with Crippen LogP contribution in [0.5, 0.6) is 0 Å². The van der Waals surface area contributed by atoms with E-state index in [1.807, 2.05) is 30.5 Å². The average Bonchev–Trinajstić information content (AvgIpc) is 2.92. The smallest absolute Gasteiger partial charge is 0.180 e. The fourth-order valence-corrected chi connectivity index (χ4v) is 4.72. The van der Waals surface area contributed by atoms with E-state index >= 15 is 0 Å². The van der Waals surface area contributed by atoms with E-state index in [1.54, 1.807) is 52.0 Å². The SMILES string of the molecule is Cc1c(-c2cccc(S(=O)(=O)C(C)C)c2)c2nc(C(C)(C)O)ccc2n1C(C)N. The van der Waals surface area contributed by atoms with Crippen molar-refractivity contribution in [2.24, 2.45) is 5.73 Å². The molecule has 2 heterocycles.